The minimum Gasteiger partial charge on any atom is -0.0846 e. The summed E-state index contributed by atoms with van der Waals surface area (Å²) in [4.78, 5) is 1.08. The third-order valence-electron chi connectivity index (χ3n) is 1.31. The van der Waals surface area contributed by atoms with Gasteiger partial charge < -0.3 is 0 Å². The lowest BCUT2D eigenvalue weighted by Crippen LogP contribution is -1.92. The molecule has 0 saturated carbocycles. The van der Waals surface area contributed by atoms with Crippen LogP contribution in [0.5, 0.6) is 0 Å². The van der Waals surface area contributed by atoms with Crippen LogP contribution < -0.4 is 0 Å². The van der Waals surface area contributed by atoms with Crippen LogP contribution in [0.4, 0.5) is 0 Å². The molecule has 0 amide bonds. The Morgan fingerprint density at radius 2 is 1.30 bits per heavy atom. The zero-order chi connectivity index (χ0) is 7.98. The molecule has 0 spiro atoms. The van der Waals surface area contributed by atoms with Crippen LogP contribution in [-0.2, 0) is 0 Å². The van der Waals surface area contributed by atoms with Crippen LogP contribution in [0.25, 0.3) is 0 Å². The van der Waals surface area contributed by atoms with Crippen molar-refractivity contribution in [1.29, 1.82) is 0 Å². The molecule has 0 fully saturated rings. The van der Waals surface area contributed by atoms with Gasteiger partial charge in [0.1, 0.15) is 0 Å². The second kappa shape index (κ2) is 6.41. The molecule has 0 nitrogen and oxygen atoms in total. The van der Waals surface area contributed by atoms with Gasteiger partial charge in [0.2, 0.25) is 0 Å². The van der Waals surface area contributed by atoms with E-state index >= 15 is 0 Å². The molecule has 60 valence electrons. The van der Waals surface area contributed by atoms with Crippen molar-refractivity contribution in [3.63, 3.8) is 0 Å². The van der Waals surface area contributed by atoms with E-state index in [2.05, 4.69) is 57.9 Å². The molecule has 0 heterocycles. The molecule has 0 aliphatic carbocycles. The fourth-order valence-corrected chi connectivity index (χ4v) is 0.866. The first-order valence-corrected chi connectivity index (χ1v) is 5.50. The van der Waals surface area contributed by atoms with Crippen molar-refractivity contribution in [2.45, 2.75) is 36.3 Å². The second-order valence-corrected chi connectivity index (χ2v) is 4.59. The van der Waals surface area contributed by atoms with E-state index in [1.54, 1.807) is 0 Å². The van der Waals surface area contributed by atoms with Gasteiger partial charge in [0.15, 0.2) is 0 Å². The van der Waals surface area contributed by atoms with Crippen molar-refractivity contribution in [3.8, 4) is 0 Å². The fourth-order valence-electron chi connectivity index (χ4n) is 0.513. The van der Waals surface area contributed by atoms with Crippen LogP contribution >= 0.6 is 31.9 Å². The molecule has 0 aliphatic rings. The lowest BCUT2D eigenvalue weighted by Gasteiger charge is -2.00. The molecule has 0 saturated heterocycles. The van der Waals surface area contributed by atoms with Gasteiger partial charge in [-0.3, -0.25) is 0 Å². The summed E-state index contributed by atoms with van der Waals surface area (Å²) < 4.78 is 0. The molecule has 2 unspecified atom stereocenters. The van der Waals surface area contributed by atoms with E-state index in [0.717, 1.165) is 12.8 Å². The average molecular weight is 270 g/mol. The Hall–Kier alpha value is 0.700. The first kappa shape index (κ1) is 10.7. The Kier molecular flexibility index (Phi) is 6.86. The Morgan fingerprint density at radius 3 is 1.50 bits per heavy atom. The molecular formula is C8H14Br2. The topological polar surface area (TPSA) is 0 Å². The van der Waals surface area contributed by atoms with Crippen LogP contribution in [0.15, 0.2) is 12.2 Å². The summed E-state index contributed by atoms with van der Waals surface area (Å²) in [6.07, 6.45) is 6.70. The number of alkyl halides is 2. The van der Waals surface area contributed by atoms with E-state index in [1.807, 2.05) is 0 Å². The molecular weight excluding hydrogens is 256 g/mol. The Balaban J connectivity index is 3.52. The second-order valence-electron chi connectivity index (χ2n) is 2.23. The highest BCUT2D eigenvalue weighted by molar-refractivity contribution is 9.10. The molecule has 0 N–H and O–H groups in total. The van der Waals surface area contributed by atoms with Crippen molar-refractivity contribution < 1.29 is 0 Å². The fraction of sp³-hybridized carbons (Fsp3) is 0.750. The first-order chi connectivity index (χ1) is 4.70. The van der Waals surface area contributed by atoms with E-state index in [0.29, 0.717) is 9.65 Å². The summed E-state index contributed by atoms with van der Waals surface area (Å²) in [5.74, 6) is 0. The highest BCUT2D eigenvalue weighted by Gasteiger charge is 1.96. The number of rotatable bonds is 4. The van der Waals surface area contributed by atoms with E-state index < -0.39 is 0 Å². The molecule has 0 aliphatic heterocycles. The quantitative estimate of drug-likeness (QED) is 0.537. The summed E-state index contributed by atoms with van der Waals surface area (Å²) in [6.45, 7) is 4.33. The summed E-state index contributed by atoms with van der Waals surface area (Å²) in [7, 11) is 0. The van der Waals surface area contributed by atoms with Gasteiger partial charge >= 0.3 is 0 Å². The molecule has 0 rings (SSSR count). The first-order valence-electron chi connectivity index (χ1n) is 3.67. The Labute approximate surface area is 80.3 Å². The van der Waals surface area contributed by atoms with Crippen LogP contribution in [0.2, 0.25) is 0 Å². The maximum absolute atomic E-state index is 3.53. The molecule has 0 bridgehead atoms. The molecule has 10 heavy (non-hydrogen) atoms. The van der Waals surface area contributed by atoms with Crippen molar-refractivity contribution in [1.82, 2.24) is 0 Å². The van der Waals surface area contributed by atoms with Crippen molar-refractivity contribution in [3.05, 3.63) is 12.2 Å². The highest BCUT2D eigenvalue weighted by Crippen LogP contribution is 2.10. The standard InChI is InChI=1S/C8H14Br2/c1-3-7(9)5-6-8(10)4-2/h5-8H,3-4H2,1-2H3/b6-5+. The normalized spacial score (nSPS) is 17.6. The van der Waals surface area contributed by atoms with Gasteiger partial charge in [-0.15, -0.1) is 0 Å². The van der Waals surface area contributed by atoms with Gasteiger partial charge in [0, 0.05) is 9.65 Å². The third-order valence-corrected chi connectivity index (χ3v) is 3.21. The maximum Gasteiger partial charge on any atom is 0.0323 e. The average Bonchev–Trinajstić information content (AvgIpc) is 1.99. The molecule has 0 aromatic carbocycles. The SMILES string of the molecule is CCC(Br)/C=C/C(Br)CC. The van der Waals surface area contributed by atoms with Gasteiger partial charge in [-0.25, -0.2) is 0 Å². The monoisotopic (exact) mass is 268 g/mol. The smallest absolute Gasteiger partial charge is 0.0323 e. The van der Waals surface area contributed by atoms with Gasteiger partial charge in [0.25, 0.3) is 0 Å². The van der Waals surface area contributed by atoms with Crippen LogP contribution in [-0.4, -0.2) is 9.65 Å². The third kappa shape index (κ3) is 5.48. The van der Waals surface area contributed by atoms with Gasteiger partial charge in [-0.2, -0.15) is 0 Å². The van der Waals surface area contributed by atoms with Crippen LogP contribution in [0, 0.1) is 0 Å². The maximum atomic E-state index is 3.53. The van der Waals surface area contributed by atoms with E-state index in [-0.39, 0.29) is 0 Å². The number of hydrogen-bond acceptors (Lipinski definition) is 0. The Bertz CT molecular complexity index is 87.4. The Morgan fingerprint density at radius 1 is 1.00 bits per heavy atom. The number of hydrogen-bond donors (Lipinski definition) is 0. The minimum atomic E-state index is 0.541. The van der Waals surface area contributed by atoms with E-state index in [1.165, 1.54) is 0 Å². The predicted molar refractivity (Wildman–Crippen MR) is 55.2 cm³/mol. The van der Waals surface area contributed by atoms with Crippen molar-refractivity contribution in [2.75, 3.05) is 0 Å². The number of halogens is 2. The highest BCUT2D eigenvalue weighted by atomic mass is 79.9. The molecule has 0 radical (unpaired) electrons. The van der Waals surface area contributed by atoms with Gasteiger partial charge in [-0.05, 0) is 12.8 Å². The molecule has 0 aromatic rings. The summed E-state index contributed by atoms with van der Waals surface area (Å²) in [5.41, 5.74) is 0. The summed E-state index contributed by atoms with van der Waals surface area (Å²) in [6, 6.07) is 0. The largest absolute Gasteiger partial charge is 0.0846 e. The zero-order valence-electron chi connectivity index (χ0n) is 6.48. The van der Waals surface area contributed by atoms with E-state index in [4.69, 9.17) is 0 Å². The van der Waals surface area contributed by atoms with Crippen molar-refractivity contribution >= 4 is 31.9 Å². The lowest BCUT2D eigenvalue weighted by molar-refractivity contribution is 0.956. The van der Waals surface area contributed by atoms with Crippen molar-refractivity contribution in [2.24, 2.45) is 0 Å². The van der Waals surface area contributed by atoms with Crippen LogP contribution in [0.3, 0.4) is 0 Å². The molecule has 2 heteroatoms. The lowest BCUT2D eigenvalue weighted by atomic mass is 10.2. The zero-order valence-corrected chi connectivity index (χ0v) is 9.65. The van der Waals surface area contributed by atoms with Gasteiger partial charge in [-0.1, -0.05) is 57.9 Å². The van der Waals surface area contributed by atoms with Gasteiger partial charge in [0.05, 0.1) is 0 Å². The molecule has 0 aromatic heterocycles. The van der Waals surface area contributed by atoms with E-state index in [9.17, 15) is 0 Å². The van der Waals surface area contributed by atoms with Crippen LogP contribution in [0.1, 0.15) is 26.7 Å². The minimum absolute atomic E-state index is 0.541. The summed E-state index contributed by atoms with van der Waals surface area (Å²) >= 11 is 7.05. The predicted octanol–water partition coefficient (Wildman–Crippen LogP) is 3.89. The summed E-state index contributed by atoms with van der Waals surface area (Å²) in [5, 5.41) is 0. The number of allylic oxidation sites excluding steroid dienone is 2. The molecule has 2 atom stereocenters.